The summed E-state index contributed by atoms with van der Waals surface area (Å²) in [5.41, 5.74) is 5.89. The van der Waals surface area contributed by atoms with Gasteiger partial charge in [-0.25, -0.2) is 8.78 Å². The molecule has 2 aromatic carbocycles. The Morgan fingerprint density at radius 1 is 1.29 bits per heavy atom. The number of hydrogen-bond acceptors (Lipinski definition) is 3. The number of nitrogen functional groups attached to an aromatic ring is 1. The highest BCUT2D eigenvalue weighted by Gasteiger charge is 2.30. The molecule has 6 heteroatoms. The van der Waals surface area contributed by atoms with E-state index in [1.54, 1.807) is 24.3 Å². The first kappa shape index (κ1) is 13.4. The van der Waals surface area contributed by atoms with Crippen LogP contribution in [0, 0.1) is 11.6 Å². The molecule has 1 amide bonds. The van der Waals surface area contributed by atoms with E-state index in [-0.39, 0.29) is 18.0 Å². The number of ether oxygens (including phenoxy) is 1. The number of fused-ring (bicyclic) bond motifs is 1. The molecule has 0 aromatic heterocycles. The van der Waals surface area contributed by atoms with Gasteiger partial charge >= 0.3 is 0 Å². The number of nitrogens with one attached hydrogen (secondary N) is 1. The minimum absolute atomic E-state index is 0.159. The largest absolute Gasteiger partial charge is 0.492 e. The third-order valence-corrected chi connectivity index (χ3v) is 3.35. The number of amides is 1. The van der Waals surface area contributed by atoms with Crippen LogP contribution < -0.4 is 15.8 Å². The van der Waals surface area contributed by atoms with Crippen molar-refractivity contribution in [1.82, 2.24) is 0 Å². The second kappa shape index (κ2) is 5.05. The number of anilines is 2. The highest BCUT2D eigenvalue weighted by atomic mass is 19.1. The lowest BCUT2D eigenvalue weighted by Gasteiger charge is -2.13. The highest BCUT2D eigenvalue weighted by Crippen LogP contribution is 2.35. The van der Waals surface area contributed by atoms with Crippen molar-refractivity contribution in [1.29, 1.82) is 0 Å². The van der Waals surface area contributed by atoms with Crippen molar-refractivity contribution in [3.63, 3.8) is 0 Å². The molecule has 1 aliphatic rings. The molecule has 0 aliphatic carbocycles. The lowest BCUT2D eigenvalue weighted by molar-refractivity contribution is -0.117. The van der Waals surface area contributed by atoms with Crippen LogP contribution in [0.4, 0.5) is 20.2 Å². The Hall–Kier alpha value is -2.63. The molecule has 0 saturated carbocycles. The van der Waals surface area contributed by atoms with Crippen LogP contribution in [0.1, 0.15) is 11.5 Å². The molecule has 108 valence electrons. The van der Waals surface area contributed by atoms with E-state index < -0.39 is 23.5 Å². The lowest BCUT2D eigenvalue weighted by atomic mass is 10.0. The van der Waals surface area contributed by atoms with Crippen molar-refractivity contribution in [3.8, 4) is 5.75 Å². The van der Waals surface area contributed by atoms with Crippen LogP contribution in [0.25, 0.3) is 0 Å². The van der Waals surface area contributed by atoms with Gasteiger partial charge in [0.15, 0.2) is 5.82 Å². The quantitative estimate of drug-likeness (QED) is 0.836. The SMILES string of the molecule is Nc1cc(F)cc(F)c1NC(=O)C1COc2ccccc21. The number of rotatable bonds is 2. The first-order chi connectivity index (χ1) is 10.1. The van der Waals surface area contributed by atoms with Crippen molar-refractivity contribution >= 4 is 17.3 Å². The normalized spacial score (nSPS) is 16.2. The Labute approximate surface area is 119 Å². The molecule has 4 nitrogen and oxygen atoms in total. The zero-order chi connectivity index (χ0) is 15.0. The second-order valence-corrected chi connectivity index (χ2v) is 4.74. The summed E-state index contributed by atoms with van der Waals surface area (Å²) in [7, 11) is 0. The average molecular weight is 290 g/mol. The second-order valence-electron chi connectivity index (χ2n) is 4.74. The third-order valence-electron chi connectivity index (χ3n) is 3.35. The maximum absolute atomic E-state index is 13.7. The van der Waals surface area contributed by atoms with E-state index in [4.69, 9.17) is 10.5 Å². The molecule has 1 atom stereocenters. The van der Waals surface area contributed by atoms with E-state index in [9.17, 15) is 13.6 Å². The number of hydrogen-bond donors (Lipinski definition) is 2. The summed E-state index contributed by atoms with van der Waals surface area (Å²) in [5.74, 6) is -2.07. The third kappa shape index (κ3) is 2.40. The van der Waals surface area contributed by atoms with Crippen LogP contribution in [-0.2, 0) is 4.79 Å². The monoisotopic (exact) mass is 290 g/mol. The van der Waals surface area contributed by atoms with Crippen LogP contribution >= 0.6 is 0 Å². The van der Waals surface area contributed by atoms with Crippen molar-refractivity contribution < 1.29 is 18.3 Å². The maximum atomic E-state index is 13.7. The van der Waals surface area contributed by atoms with Crippen molar-refractivity contribution in [2.75, 3.05) is 17.7 Å². The summed E-state index contributed by atoms with van der Waals surface area (Å²) >= 11 is 0. The number of para-hydroxylation sites is 1. The molecule has 0 spiro atoms. The predicted molar refractivity (Wildman–Crippen MR) is 74.1 cm³/mol. The standard InChI is InChI=1S/C15H12F2N2O2/c16-8-5-11(17)14(12(18)6-8)19-15(20)10-7-21-13-4-2-1-3-9(10)13/h1-6,10H,7,18H2,(H,19,20). The van der Waals surface area contributed by atoms with Gasteiger partial charge in [0.25, 0.3) is 0 Å². The fourth-order valence-electron chi connectivity index (χ4n) is 2.32. The summed E-state index contributed by atoms with van der Waals surface area (Å²) in [5, 5.41) is 2.40. The van der Waals surface area contributed by atoms with Crippen LogP contribution in [0.2, 0.25) is 0 Å². The predicted octanol–water partition coefficient (Wildman–Crippen LogP) is 2.66. The van der Waals surface area contributed by atoms with Gasteiger partial charge in [0.1, 0.15) is 29.8 Å². The van der Waals surface area contributed by atoms with E-state index in [0.717, 1.165) is 11.6 Å². The number of nitrogens with two attached hydrogens (primary N) is 1. The zero-order valence-electron chi connectivity index (χ0n) is 10.9. The molecule has 0 saturated heterocycles. The van der Waals surface area contributed by atoms with Gasteiger partial charge in [-0.1, -0.05) is 18.2 Å². The van der Waals surface area contributed by atoms with Crippen molar-refractivity contribution in [3.05, 3.63) is 53.6 Å². The Morgan fingerprint density at radius 3 is 2.81 bits per heavy atom. The van der Waals surface area contributed by atoms with Crippen molar-refractivity contribution in [2.45, 2.75) is 5.92 Å². The molecule has 3 rings (SSSR count). The van der Waals surface area contributed by atoms with Gasteiger partial charge in [-0.3, -0.25) is 4.79 Å². The summed E-state index contributed by atoms with van der Waals surface area (Å²) in [4.78, 5) is 12.3. The number of halogens is 2. The summed E-state index contributed by atoms with van der Waals surface area (Å²) in [6.45, 7) is 0.175. The van der Waals surface area contributed by atoms with Gasteiger partial charge < -0.3 is 15.8 Å². The van der Waals surface area contributed by atoms with E-state index >= 15 is 0 Å². The highest BCUT2D eigenvalue weighted by molar-refractivity contribution is 5.99. The molecule has 3 N–H and O–H groups in total. The van der Waals surface area contributed by atoms with Gasteiger partial charge in [-0.05, 0) is 12.1 Å². The fraction of sp³-hybridized carbons (Fsp3) is 0.133. The van der Waals surface area contributed by atoms with Crippen LogP contribution in [0.5, 0.6) is 5.75 Å². The fourth-order valence-corrected chi connectivity index (χ4v) is 2.32. The number of carbonyl (C=O) groups is 1. The zero-order valence-corrected chi connectivity index (χ0v) is 10.9. The summed E-state index contributed by atoms with van der Waals surface area (Å²) < 4.78 is 32.1. The Balaban J connectivity index is 1.86. The molecule has 2 aromatic rings. The first-order valence-electron chi connectivity index (χ1n) is 6.33. The molecule has 0 radical (unpaired) electrons. The Bertz CT molecular complexity index is 696. The van der Waals surface area contributed by atoms with E-state index in [2.05, 4.69) is 5.32 Å². The van der Waals surface area contributed by atoms with Gasteiger partial charge in [0, 0.05) is 11.6 Å². The lowest BCUT2D eigenvalue weighted by Crippen LogP contribution is -2.23. The molecular weight excluding hydrogens is 278 g/mol. The number of carbonyl (C=O) groups excluding carboxylic acids is 1. The van der Waals surface area contributed by atoms with E-state index in [0.29, 0.717) is 11.8 Å². The van der Waals surface area contributed by atoms with Gasteiger partial charge in [0.2, 0.25) is 5.91 Å². The topological polar surface area (TPSA) is 64.3 Å². The van der Waals surface area contributed by atoms with Crippen LogP contribution in [0.15, 0.2) is 36.4 Å². The van der Waals surface area contributed by atoms with Gasteiger partial charge in [-0.2, -0.15) is 0 Å². The van der Waals surface area contributed by atoms with Crippen LogP contribution in [0.3, 0.4) is 0 Å². The first-order valence-corrected chi connectivity index (χ1v) is 6.33. The summed E-state index contributed by atoms with van der Waals surface area (Å²) in [6.07, 6.45) is 0. The van der Waals surface area contributed by atoms with Gasteiger partial charge in [-0.15, -0.1) is 0 Å². The van der Waals surface area contributed by atoms with E-state index in [1.165, 1.54) is 0 Å². The molecule has 0 fully saturated rings. The maximum Gasteiger partial charge on any atom is 0.235 e. The Morgan fingerprint density at radius 2 is 2.05 bits per heavy atom. The molecule has 1 unspecified atom stereocenters. The van der Waals surface area contributed by atoms with Crippen LogP contribution in [-0.4, -0.2) is 12.5 Å². The molecule has 1 aliphatic heterocycles. The molecule has 21 heavy (non-hydrogen) atoms. The average Bonchev–Trinajstić information content (AvgIpc) is 2.86. The van der Waals surface area contributed by atoms with Gasteiger partial charge in [0.05, 0.1) is 5.69 Å². The Kier molecular flexibility index (Phi) is 3.21. The molecule has 0 bridgehead atoms. The van der Waals surface area contributed by atoms with E-state index in [1.807, 2.05) is 0 Å². The minimum Gasteiger partial charge on any atom is -0.492 e. The smallest absolute Gasteiger partial charge is 0.235 e. The molecule has 1 heterocycles. The summed E-state index contributed by atoms with van der Waals surface area (Å²) in [6, 6.07) is 8.76. The number of benzene rings is 2. The van der Waals surface area contributed by atoms with Crippen molar-refractivity contribution in [2.24, 2.45) is 0 Å². The molecular formula is C15H12F2N2O2. The minimum atomic E-state index is -0.909.